The molecule has 1 heterocycles. The van der Waals surface area contributed by atoms with Crippen LogP contribution >= 0.6 is 0 Å². The number of rotatable bonds is 2. The Balaban J connectivity index is 2.26. The van der Waals surface area contributed by atoms with E-state index in [0.29, 0.717) is 13.0 Å². The molecular formula is C12H12F2O2. The largest absolute Gasteiger partial charge is 0.370 e. The molecule has 0 N–H and O–H groups in total. The molecule has 16 heavy (non-hydrogen) atoms. The minimum Gasteiger partial charge on any atom is -0.370 e. The van der Waals surface area contributed by atoms with Gasteiger partial charge in [0.05, 0.1) is 5.56 Å². The number of halogens is 2. The van der Waals surface area contributed by atoms with Gasteiger partial charge in [-0.3, -0.25) is 4.79 Å². The molecule has 1 unspecified atom stereocenters. The Hall–Kier alpha value is -1.29. The SMILES string of the molecule is O=C(c1c(F)cccc1F)C1CCCCO1. The Morgan fingerprint density at radius 1 is 1.25 bits per heavy atom. The molecule has 0 aromatic heterocycles. The van der Waals surface area contributed by atoms with E-state index in [4.69, 9.17) is 4.74 Å². The van der Waals surface area contributed by atoms with Crippen LogP contribution < -0.4 is 0 Å². The lowest BCUT2D eigenvalue weighted by Crippen LogP contribution is -2.29. The van der Waals surface area contributed by atoms with Crippen LogP contribution in [0.5, 0.6) is 0 Å². The Kier molecular flexibility index (Phi) is 3.29. The van der Waals surface area contributed by atoms with Crippen LogP contribution in [-0.2, 0) is 4.74 Å². The van der Waals surface area contributed by atoms with E-state index < -0.39 is 29.1 Å². The fourth-order valence-corrected chi connectivity index (χ4v) is 1.84. The predicted octanol–water partition coefficient (Wildman–Crippen LogP) is 2.72. The van der Waals surface area contributed by atoms with Gasteiger partial charge in [0.25, 0.3) is 0 Å². The lowest BCUT2D eigenvalue weighted by Gasteiger charge is -2.21. The topological polar surface area (TPSA) is 26.3 Å². The lowest BCUT2D eigenvalue weighted by molar-refractivity contribution is 0.0180. The molecule has 1 fully saturated rings. The Bertz CT molecular complexity index is 378. The number of hydrogen-bond acceptors (Lipinski definition) is 2. The van der Waals surface area contributed by atoms with Crippen LogP contribution in [0.3, 0.4) is 0 Å². The lowest BCUT2D eigenvalue weighted by atomic mass is 9.99. The van der Waals surface area contributed by atoms with Gasteiger partial charge in [0.1, 0.15) is 17.7 Å². The number of ketones is 1. The van der Waals surface area contributed by atoms with Gasteiger partial charge in [-0.2, -0.15) is 0 Å². The maximum Gasteiger partial charge on any atom is 0.197 e. The van der Waals surface area contributed by atoms with Crippen molar-refractivity contribution < 1.29 is 18.3 Å². The van der Waals surface area contributed by atoms with Gasteiger partial charge in [-0.1, -0.05) is 6.07 Å². The van der Waals surface area contributed by atoms with E-state index in [2.05, 4.69) is 0 Å². The third kappa shape index (κ3) is 2.11. The van der Waals surface area contributed by atoms with Crippen molar-refractivity contribution in [1.82, 2.24) is 0 Å². The molecule has 0 amide bonds. The summed E-state index contributed by atoms with van der Waals surface area (Å²) in [5.74, 6) is -2.23. The molecule has 2 nitrogen and oxygen atoms in total. The zero-order chi connectivity index (χ0) is 11.5. The molecule has 1 aliphatic heterocycles. The first-order valence-electron chi connectivity index (χ1n) is 5.30. The van der Waals surface area contributed by atoms with Crippen LogP contribution in [-0.4, -0.2) is 18.5 Å². The zero-order valence-electron chi connectivity index (χ0n) is 8.71. The average molecular weight is 226 g/mol. The summed E-state index contributed by atoms with van der Waals surface area (Å²) >= 11 is 0. The zero-order valence-corrected chi connectivity index (χ0v) is 8.71. The Morgan fingerprint density at radius 3 is 2.50 bits per heavy atom. The number of benzene rings is 1. The number of Topliss-reactive ketones (excluding diaryl/α,β-unsaturated/α-hetero) is 1. The van der Waals surface area contributed by atoms with E-state index in [9.17, 15) is 13.6 Å². The highest BCUT2D eigenvalue weighted by atomic mass is 19.1. The second-order valence-corrected chi connectivity index (χ2v) is 3.82. The molecule has 1 aliphatic rings. The molecule has 0 radical (unpaired) electrons. The summed E-state index contributed by atoms with van der Waals surface area (Å²) < 4.78 is 31.9. The molecule has 86 valence electrons. The van der Waals surface area contributed by atoms with E-state index in [1.165, 1.54) is 6.07 Å². The van der Waals surface area contributed by atoms with Crippen molar-refractivity contribution in [2.75, 3.05) is 6.61 Å². The molecule has 1 aromatic rings. The number of carbonyl (C=O) groups is 1. The van der Waals surface area contributed by atoms with E-state index >= 15 is 0 Å². The summed E-state index contributed by atoms with van der Waals surface area (Å²) in [6.45, 7) is 0.479. The molecule has 1 saturated heterocycles. The second-order valence-electron chi connectivity index (χ2n) is 3.82. The number of ether oxygens (including phenoxy) is 1. The smallest absolute Gasteiger partial charge is 0.197 e. The van der Waals surface area contributed by atoms with Gasteiger partial charge >= 0.3 is 0 Å². The van der Waals surface area contributed by atoms with E-state index in [0.717, 1.165) is 25.0 Å². The average Bonchev–Trinajstić information content (AvgIpc) is 2.30. The van der Waals surface area contributed by atoms with Crippen LogP contribution in [0.25, 0.3) is 0 Å². The van der Waals surface area contributed by atoms with Gasteiger partial charge in [0, 0.05) is 6.61 Å². The predicted molar refractivity (Wildman–Crippen MR) is 54.3 cm³/mol. The van der Waals surface area contributed by atoms with Crippen molar-refractivity contribution >= 4 is 5.78 Å². The van der Waals surface area contributed by atoms with Crippen LogP contribution in [0.15, 0.2) is 18.2 Å². The highest BCUT2D eigenvalue weighted by molar-refractivity contribution is 6.00. The summed E-state index contributed by atoms with van der Waals surface area (Å²) in [6.07, 6.45) is 1.59. The third-order valence-electron chi connectivity index (χ3n) is 2.68. The Labute approximate surface area is 92.2 Å². The van der Waals surface area contributed by atoms with Crippen molar-refractivity contribution in [2.24, 2.45) is 0 Å². The molecule has 4 heteroatoms. The van der Waals surface area contributed by atoms with Gasteiger partial charge in [0.15, 0.2) is 5.78 Å². The van der Waals surface area contributed by atoms with Crippen molar-refractivity contribution in [1.29, 1.82) is 0 Å². The number of carbonyl (C=O) groups excluding carboxylic acids is 1. The maximum atomic E-state index is 13.3. The molecule has 2 rings (SSSR count). The van der Waals surface area contributed by atoms with E-state index in [1.807, 2.05) is 0 Å². The maximum absolute atomic E-state index is 13.3. The highest BCUT2D eigenvalue weighted by Crippen LogP contribution is 2.21. The monoisotopic (exact) mass is 226 g/mol. The molecule has 1 atom stereocenters. The molecule has 0 bridgehead atoms. The van der Waals surface area contributed by atoms with Gasteiger partial charge in [-0.05, 0) is 31.4 Å². The molecule has 0 saturated carbocycles. The van der Waals surface area contributed by atoms with Crippen LogP contribution in [0, 0.1) is 11.6 Å². The standard InChI is InChI=1S/C12H12F2O2/c13-8-4-3-5-9(14)11(8)12(15)10-6-1-2-7-16-10/h3-5,10H,1-2,6-7H2. The fourth-order valence-electron chi connectivity index (χ4n) is 1.84. The van der Waals surface area contributed by atoms with E-state index in [1.54, 1.807) is 0 Å². The molecule has 0 aliphatic carbocycles. The van der Waals surface area contributed by atoms with Crippen molar-refractivity contribution in [3.63, 3.8) is 0 Å². The first kappa shape index (κ1) is 11.2. The van der Waals surface area contributed by atoms with Crippen LogP contribution in [0.1, 0.15) is 29.6 Å². The Morgan fingerprint density at radius 2 is 1.94 bits per heavy atom. The summed E-state index contributed by atoms with van der Waals surface area (Å²) in [7, 11) is 0. The first-order chi connectivity index (χ1) is 7.70. The summed E-state index contributed by atoms with van der Waals surface area (Å²) in [5.41, 5.74) is -0.477. The minimum absolute atomic E-state index is 0.477. The summed E-state index contributed by atoms with van der Waals surface area (Å²) in [6, 6.07) is 3.40. The minimum atomic E-state index is -0.820. The van der Waals surface area contributed by atoms with Crippen LogP contribution in [0.2, 0.25) is 0 Å². The molecule has 1 aromatic carbocycles. The van der Waals surface area contributed by atoms with Crippen molar-refractivity contribution in [3.05, 3.63) is 35.4 Å². The fraction of sp³-hybridized carbons (Fsp3) is 0.417. The van der Waals surface area contributed by atoms with E-state index in [-0.39, 0.29) is 0 Å². The van der Waals surface area contributed by atoms with Gasteiger partial charge in [0.2, 0.25) is 0 Å². The summed E-state index contributed by atoms with van der Waals surface area (Å²) in [4.78, 5) is 11.8. The van der Waals surface area contributed by atoms with Crippen LogP contribution in [0.4, 0.5) is 8.78 Å². The summed E-state index contributed by atoms with van der Waals surface area (Å²) in [5, 5.41) is 0. The molecular weight excluding hydrogens is 214 g/mol. The molecule has 0 spiro atoms. The van der Waals surface area contributed by atoms with Crippen molar-refractivity contribution in [2.45, 2.75) is 25.4 Å². The first-order valence-corrected chi connectivity index (χ1v) is 5.30. The van der Waals surface area contributed by atoms with Gasteiger partial charge in [-0.15, -0.1) is 0 Å². The van der Waals surface area contributed by atoms with Gasteiger partial charge in [-0.25, -0.2) is 8.78 Å². The second kappa shape index (κ2) is 4.70. The quantitative estimate of drug-likeness (QED) is 0.725. The van der Waals surface area contributed by atoms with Crippen molar-refractivity contribution in [3.8, 4) is 0 Å². The van der Waals surface area contributed by atoms with Gasteiger partial charge < -0.3 is 4.74 Å². The third-order valence-corrected chi connectivity index (χ3v) is 2.68. The number of hydrogen-bond donors (Lipinski definition) is 0. The normalized spacial score (nSPS) is 20.8. The highest BCUT2D eigenvalue weighted by Gasteiger charge is 2.27.